The van der Waals surface area contributed by atoms with Crippen molar-refractivity contribution in [3.63, 3.8) is 0 Å². The van der Waals surface area contributed by atoms with Gasteiger partial charge in [0.25, 0.3) is 5.88 Å². The van der Waals surface area contributed by atoms with E-state index in [2.05, 4.69) is 17.2 Å². The van der Waals surface area contributed by atoms with E-state index in [1.807, 2.05) is 0 Å². The van der Waals surface area contributed by atoms with Crippen LogP contribution in [-0.2, 0) is 6.54 Å². The molecule has 0 aliphatic heterocycles. The normalized spacial score (nSPS) is 15.6. The molecule has 1 N–H and O–H groups in total. The molecule has 4 heteroatoms. The first kappa shape index (κ1) is 12.3. The molecule has 0 aromatic carbocycles. The Morgan fingerprint density at radius 1 is 1.53 bits per heavy atom. The van der Waals surface area contributed by atoms with Gasteiger partial charge in [0.15, 0.2) is 5.82 Å². The van der Waals surface area contributed by atoms with E-state index in [9.17, 15) is 4.39 Å². The molecule has 0 spiro atoms. The fourth-order valence-corrected chi connectivity index (χ4v) is 1.73. The molecule has 0 saturated heterocycles. The van der Waals surface area contributed by atoms with Crippen LogP contribution in [0, 0.1) is 5.82 Å². The SMILES string of the molecule is CCCNCc1ccnc(OC2CCC2)c1F. The van der Waals surface area contributed by atoms with Crippen LogP contribution in [0.2, 0.25) is 0 Å². The summed E-state index contributed by atoms with van der Waals surface area (Å²) in [6.45, 7) is 3.50. The predicted octanol–water partition coefficient (Wildman–Crippen LogP) is 2.65. The summed E-state index contributed by atoms with van der Waals surface area (Å²) in [5.41, 5.74) is 0.628. The third-order valence-electron chi connectivity index (χ3n) is 3.01. The van der Waals surface area contributed by atoms with Gasteiger partial charge in [-0.2, -0.15) is 0 Å². The zero-order valence-corrected chi connectivity index (χ0v) is 10.2. The van der Waals surface area contributed by atoms with Gasteiger partial charge >= 0.3 is 0 Å². The Hall–Kier alpha value is -1.16. The van der Waals surface area contributed by atoms with E-state index in [0.717, 1.165) is 25.8 Å². The van der Waals surface area contributed by atoms with Crippen molar-refractivity contribution in [2.75, 3.05) is 6.54 Å². The van der Waals surface area contributed by atoms with Gasteiger partial charge in [0.1, 0.15) is 6.10 Å². The zero-order valence-electron chi connectivity index (χ0n) is 10.2. The van der Waals surface area contributed by atoms with Crippen molar-refractivity contribution >= 4 is 0 Å². The summed E-state index contributed by atoms with van der Waals surface area (Å²) in [4.78, 5) is 3.96. The minimum atomic E-state index is -0.317. The van der Waals surface area contributed by atoms with Crippen LogP contribution in [0.15, 0.2) is 12.3 Å². The van der Waals surface area contributed by atoms with Crippen molar-refractivity contribution in [3.8, 4) is 5.88 Å². The predicted molar refractivity (Wildman–Crippen MR) is 64.5 cm³/mol. The molecule has 1 aromatic heterocycles. The van der Waals surface area contributed by atoms with Gasteiger partial charge in [-0.3, -0.25) is 0 Å². The highest BCUT2D eigenvalue weighted by Gasteiger charge is 2.22. The third kappa shape index (κ3) is 3.16. The molecule has 0 radical (unpaired) electrons. The fourth-order valence-electron chi connectivity index (χ4n) is 1.73. The number of rotatable bonds is 6. The van der Waals surface area contributed by atoms with Crippen LogP contribution in [0.1, 0.15) is 38.2 Å². The van der Waals surface area contributed by atoms with E-state index in [1.54, 1.807) is 12.3 Å². The van der Waals surface area contributed by atoms with E-state index < -0.39 is 0 Å². The second-order valence-corrected chi connectivity index (χ2v) is 4.44. The number of ether oxygens (including phenoxy) is 1. The number of halogens is 1. The highest BCUT2D eigenvalue weighted by Crippen LogP contribution is 2.26. The lowest BCUT2D eigenvalue weighted by Gasteiger charge is -2.26. The molecule has 1 aliphatic carbocycles. The molecule has 1 fully saturated rings. The van der Waals surface area contributed by atoms with E-state index in [-0.39, 0.29) is 17.8 Å². The summed E-state index contributed by atoms with van der Waals surface area (Å²) in [5, 5.41) is 3.18. The summed E-state index contributed by atoms with van der Waals surface area (Å²) in [6, 6.07) is 1.70. The molecular formula is C13H19FN2O. The topological polar surface area (TPSA) is 34.2 Å². The molecule has 1 aliphatic rings. The van der Waals surface area contributed by atoms with Gasteiger partial charge in [0, 0.05) is 18.3 Å². The number of pyridine rings is 1. The number of nitrogens with one attached hydrogen (secondary N) is 1. The molecule has 17 heavy (non-hydrogen) atoms. The molecule has 0 amide bonds. The summed E-state index contributed by atoms with van der Waals surface area (Å²) in [5.74, 6) is -0.159. The van der Waals surface area contributed by atoms with E-state index >= 15 is 0 Å². The van der Waals surface area contributed by atoms with Gasteiger partial charge in [-0.15, -0.1) is 0 Å². The third-order valence-corrected chi connectivity index (χ3v) is 3.01. The van der Waals surface area contributed by atoms with Gasteiger partial charge < -0.3 is 10.1 Å². The quantitative estimate of drug-likeness (QED) is 0.774. The molecule has 0 atom stereocenters. The molecule has 2 rings (SSSR count). The average Bonchev–Trinajstić information content (AvgIpc) is 2.28. The Kier molecular flexibility index (Phi) is 4.31. The van der Waals surface area contributed by atoms with Crippen molar-refractivity contribution in [2.24, 2.45) is 0 Å². The van der Waals surface area contributed by atoms with Crippen molar-refractivity contribution in [1.29, 1.82) is 0 Å². The van der Waals surface area contributed by atoms with Gasteiger partial charge in [-0.1, -0.05) is 6.92 Å². The van der Waals surface area contributed by atoms with E-state index in [4.69, 9.17) is 4.74 Å². The molecule has 1 heterocycles. The smallest absolute Gasteiger partial charge is 0.250 e. The van der Waals surface area contributed by atoms with Gasteiger partial charge in [-0.05, 0) is 38.3 Å². The standard InChI is InChI=1S/C13H19FN2O/c1-2-7-15-9-10-6-8-16-13(12(10)14)17-11-4-3-5-11/h6,8,11,15H,2-5,7,9H2,1H3. The van der Waals surface area contributed by atoms with Crippen molar-refractivity contribution in [1.82, 2.24) is 10.3 Å². The number of aromatic nitrogens is 1. The molecule has 0 unspecified atom stereocenters. The molecule has 3 nitrogen and oxygen atoms in total. The van der Waals surface area contributed by atoms with Crippen molar-refractivity contribution in [2.45, 2.75) is 45.3 Å². The second kappa shape index (κ2) is 5.96. The minimum Gasteiger partial charge on any atom is -0.472 e. The maximum absolute atomic E-state index is 14.0. The second-order valence-electron chi connectivity index (χ2n) is 4.44. The Bertz CT molecular complexity index is 366. The molecule has 1 saturated carbocycles. The Balaban J connectivity index is 1.98. The highest BCUT2D eigenvalue weighted by molar-refractivity contribution is 5.23. The summed E-state index contributed by atoms with van der Waals surface area (Å²) >= 11 is 0. The molecule has 94 valence electrons. The number of hydrogen-bond acceptors (Lipinski definition) is 3. The number of nitrogens with zero attached hydrogens (tertiary/aromatic N) is 1. The van der Waals surface area contributed by atoms with Crippen molar-refractivity contribution in [3.05, 3.63) is 23.6 Å². The fraction of sp³-hybridized carbons (Fsp3) is 0.615. The molecular weight excluding hydrogens is 219 g/mol. The summed E-state index contributed by atoms with van der Waals surface area (Å²) in [7, 11) is 0. The van der Waals surface area contributed by atoms with Gasteiger partial charge in [0.05, 0.1) is 0 Å². The van der Waals surface area contributed by atoms with Crippen LogP contribution >= 0.6 is 0 Å². The summed E-state index contributed by atoms with van der Waals surface area (Å²) in [6.07, 6.45) is 6.01. The van der Waals surface area contributed by atoms with Crippen LogP contribution in [0.5, 0.6) is 5.88 Å². The first-order chi connectivity index (χ1) is 8.31. The van der Waals surface area contributed by atoms with Crippen molar-refractivity contribution < 1.29 is 9.13 Å². The first-order valence-electron chi connectivity index (χ1n) is 6.32. The maximum Gasteiger partial charge on any atom is 0.250 e. The van der Waals surface area contributed by atoms with Crippen LogP contribution in [-0.4, -0.2) is 17.6 Å². The lowest BCUT2D eigenvalue weighted by molar-refractivity contribution is 0.108. The molecule has 1 aromatic rings. The Morgan fingerprint density at radius 2 is 2.35 bits per heavy atom. The van der Waals surface area contributed by atoms with Gasteiger partial charge in [0.2, 0.25) is 0 Å². The van der Waals surface area contributed by atoms with Crippen LogP contribution in [0.25, 0.3) is 0 Å². The lowest BCUT2D eigenvalue weighted by atomic mass is 9.96. The lowest BCUT2D eigenvalue weighted by Crippen LogP contribution is -2.26. The van der Waals surface area contributed by atoms with E-state index in [1.165, 1.54) is 6.42 Å². The maximum atomic E-state index is 14.0. The zero-order chi connectivity index (χ0) is 12.1. The Labute approximate surface area is 101 Å². The van der Waals surface area contributed by atoms with Crippen LogP contribution < -0.4 is 10.1 Å². The first-order valence-corrected chi connectivity index (χ1v) is 6.32. The minimum absolute atomic E-state index is 0.158. The highest BCUT2D eigenvalue weighted by atomic mass is 19.1. The van der Waals surface area contributed by atoms with Crippen LogP contribution in [0.4, 0.5) is 4.39 Å². The van der Waals surface area contributed by atoms with E-state index in [0.29, 0.717) is 12.1 Å². The average molecular weight is 238 g/mol. The molecule has 0 bridgehead atoms. The van der Waals surface area contributed by atoms with Crippen LogP contribution in [0.3, 0.4) is 0 Å². The number of hydrogen-bond donors (Lipinski definition) is 1. The summed E-state index contributed by atoms with van der Waals surface area (Å²) < 4.78 is 19.5. The Morgan fingerprint density at radius 3 is 3.00 bits per heavy atom. The largest absolute Gasteiger partial charge is 0.472 e. The van der Waals surface area contributed by atoms with Gasteiger partial charge in [-0.25, -0.2) is 9.37 Å². The monoisotopic (exact) mass is 238 g/mol.